The van der Waals surface area contributed by atoms with Gasteiger partial charge in [0.1, 0.15) is 12.2 Å². The largest absolute Gasteiger partial charge is 0.462 e. The Hall–Kier alpha value is -3.64. The van der Waals surface area contributed by atoms with Gasteiger partial charge in [0.2, 0.25) is 0 Å². The highest BCUT2D eigenvalue weighted by Gasteiger charge is 2.49. The summed E-state index contributed by atoms with van der Waals surface area (Å²) in [7, 11) is 0. The third-order valence-corrected chi connectivity index (χ3v) is 12.0. The zero-order valence-corrected chi connectivity index (χ0v) is 38.2. The number of rotatable bonds is 3. The smallest absolute Gasteiger partial charge is 0.312 e. The molecule has 2 amide bonds. The number of amides is 2. The van der Waals surface area contributed by atoms with Crippen LogP contribution in [0.1, 0.15) is 79.1 Å². The van der Waals surface area contributed by atoms with E-state index in [-0.39, 0.29) is 31.6 Å². The van der Waals surface area contributed by atoms with Crippen LogP contribution >= 0.6 is 0 Å². The van der Waals surface area contributed by atoms with Gasteiger partial charge in [-0.05, 0) is 33.1 Å². The van der Waals surface area contributed by atoms with Crippen molar-refractivity contribution in [1.82, 2.24) is 5.32 Å². The lowest BCUT2D eigenvalue weighted by Gasteiger charge is -2.46. The summed E-state index contributed by atoms with van der Waals surface area (Å²) < 4.78 is 23.4. The number of urea groups is 1. The van der Waals surface area contributed by atoms with Crippen LogP contribution in [-0.2, 0) is 23.7 Å². The molecule has 0 aliphatic carbocycles. The number of primary amides is 1. The minimum Gasteiger partial charge on any atom is -0.462 e. The quantitative estimate of drug-likeness (QED) is 0.166. The van der Waals surface area contributed by atoms with Crippen LogP contribution in [0.2, 0.25) is 0 Å². The fourth-order valence-corrected chi connectivity index (χ4v) is 8.00. The van der Waals surface area contributed by atoms with Crippen molar-refractivity contribution in [3.8, 4) is 0 Å². The van der Waals surface area contributed by atoms with Crippen LogP contribution in [0.5, 0.6) is 0 Å². The highest BCUT2D eigenvalue weighted by Crippen LogP contribution is 2.35. The van der Waals surface area contributed by atoms with E-state index in [1.165, 1.54) is 0 Å². The van der Waals surface area contributed by atoms with E-state index in [9.17, 15) is 60.7 Å². The topological polar surface area (TPSA) is 337 Å². The first-order valence-electron chi connectivity index (χ1n) is 22.6. The minimum atomic E-state index is -2.25. The number of cyclic esters (lactones) is 1. The number of nitrogens with one attached hydrogen (secondary N) is 1. The van der Waals surface area contributed by atoms with Crippen molar-refractivity contribution in [3.05, 3.63) is 85.1 Å². The van der Waals surface area contributed by atoms with Crippen molar-refractivity contribution in [1.29, 1.82) is 0 Å². The molecular weight excluding hydrogens is 863 g/mol. The van der Waals surface area contributed by atoms with Gasteiger partial charge in [0.25, 0.3) is 0 Å². The second kappa shape index (κ2) is 28.0. The highest BCUT2D eigenvalue weighted by molar-refractivity contribution is 5.72. The van der Waals surface area contributed by atoms with E-state index in [0.717, 1.165) is 0 Å². The molecule has 2 fully saturated rings. The van der Waals surface area contributed by atoms with Gasteiger partial charge in [-0.3, -0.25) is 4.79 Å². The highest BCUT2D eigenvalue weighted by atomic mass is 16.7. The van der Waals surface area contributed by atoms with Crippen LogP contribution in [0.3, 0.4) is 0 Å². The van der Waals surface area contributed by atoms with Gasteiger partial charge in [0.15, 0.2) is 12.1 Å². The van der Waals surface area contributed by atoms with Gasteiger partial charge < -0.3 is 86.8 Å². The Morgan fingerprint density at radius 1 is 0.682 bits per heavy atom. The lowest BCUT2D eigenvalue weighted by molar-refractivity contribution is -0.302. The number of aliphatic hydroxyl groups excluding tert-OH is 9. The third kappa shape index (κ3) is 19.2. The molecule has 3 aliphatic heterocycles. The average Bonchev–Trinajstić information content (AvgIpc) is 3.23. The Labute approximate surface area is 387 Å². The molecule has 0 aromatic heterocycles. The summed E-state index contributed by atoms with van der Waals surface area (Å²) in [4.78, 5) is 24.7. The molecule has 19 atom stereocenters. The molecule has 0 aromatic rings. The first kappa shape index (κ1) is 56.7. The normalized spacial score (nSPS) is 44.9. The van der Waals surface area contributed by atoms with E-state index in [1.807, 2.05) is 37.3 Å². The van der Waals surface area contributed by atoms with Crippen LogP contribution in [0.4, 0.5) is 4.79 Å². The number of ether oxygens (including phenoxy) is 4. The Morgan fingerprint density at radius 3 is 1.85 bits per heavy atom. The molecule has 0 radical (unpaired) electrons. The van der Waals surface area contributed by atoms with Crippen LogP contribution in [0.15, 0.2) is 85.1 Å². The van der Waals surface area contributed by atoms with Crippen molar-refractivity contribution in [2.45, 2.75) is 183 Å². The molecule has 0 aromatic carbocycles. The maximum absolute atomic E-state index is 12.6. The number of hydrogen-bond donors (Lipinski definition) is 13. The first-order chi connectivity index (χ1) is 31.1. The zero-order chi connectivity index (χ0) is 49.1. The molecule has 19 nitrogen and oxygen atoms in total. The maximum Gasteiger partial charge on any atom is 0.312 e. The zero-order valence-electron chi connectivity index (χ0n) is 38.2. The Balaban J connectivity index is 1.87. The first-order valence-corrected chi connectivity index (χ1v) is 22.6. The number of esters is 1. The van der Waals surface area contributed by atoms with E-state index >= 15 is 0 Å². The Kier molecular flexibility index (Phi) is 24.0. The molecule has 3 heterocycles. The van der Waals surface area contributed by atoms with Crippen molar-refractivity contribution in [2.75, 3.05) is 0 Å². The molecule has 2 bridgehead atoms. The van der Waals surface area contributed by atoms with Gasteiger partial charge in [-0.2, -0.15) is 0 Å². The second-order valence-corrected chi connectivity index (χ2v) is 17.7. The van der Waals surface area contributed by atoms with E-state index < -0.39 is 147 Å². The molecule has 0 saturated carbocycles. The summed E-state index contributed by atoms with van der Waals surface area (Å²) in [6, 6.07) is -3.34. The summed E-state index contributed by atoms with van der Waals surface area (Å²) >= 11 is 0. The van der Waals surface area contributed by atoms with Crippen molar-refractivity contribution in [3.63, 3.8) is 0 Å². The number of carbonyl (C=O) groups excluding carboxylic acids is 2. The average molecular weight is 938 g/mol. The standard InChI is InChI=1S/C47H75N3O16/c1-27-17-15-13-11-9-7-5-6-8-10-12-14-16-18-34(65-45-44(60)40(48)43(59)30(4)64-45)24-38-41(50-46(49)61)37(56)26-47(62,66-38)25-33(53)22-36(55)35(54)20-19-31(51)21-32(52)23-39(57)63-29(3)28(2)42(27)58/h5-18,27-38,40-45,51-56,58-60,62H,19-26,48H2,1-4H3,(H3,49,50,61)/b6-5+,9-7+,10-8+,13-11+,14-12+,17-15+,18-16+/t27?,28-,29-,30+,31+,32+,33-,34-,35+,36+,37-,38-,40-,41+,42+,43+,44-,45-,47+/m0/s1. The summed E-state index contributed by atoms with van der Waals surface area (Å²) in [6.45, 7) is 6.78. The lowest BCUT2D eigenvalue weighted by Crippen LogP contribution is -2.63. The van der Waals surface area contributed by atoms with E-state index in [4.69, 9.17) is 30.4 Å². The summed E-state index contributed by atoms with van der Waals surface area (Å²) in [5.41, 5.74) is 11.5. The maximum atomic E-state index is 12.6. The molecule has 15 N–H and O–H groups in total. The van der Waals surface area contributed by atoms with Gasteiger partial charge in [-0.25, -0.2) is 4.79 Å². The van der Waals surface area contributed by atoms with Crippen LogP contribution in [0, 0.1) is 11.8 Å². The van der Waals surface area contributed by atoms with E-state index in [2.05, 4.69) is 5.32 Å². The molecular formula is C47H75N3O16. The predicted octanol–water partition coefficient (Wildman–Crippen LogP) is 0.0478. The Bertz CT molecular complexity index is 1690. The molecule has 66 heavy (non-hydrogen) atoms. The van der Waals surface area contributed by atoms with E-state index in [0.29, 0.717) is 0 Å². The third-order valence-electron chi connectivity index (χ3n) is 12.0. The van der Waals surface area contributed by atoms with E-state index in [1.54, 1.807) is 75.5 Å². The van der Waals surface area contributed by atoms with Crippen molar-refractivity contribution < 1.29 is 79.6 Å². The molecule has 19 heteroatoms. The summed E-state index contributed by atoms with van der Waals surface area (Å²) in [6.07, 6.45) is 4.75. The number of carbonyl (C=O) groups is 2. The molecule has 1 unspecified atom stereocenters. The summed E-state index contributed by atoms with van der Waals surface area (Å²) in [5.74, 6) is -3.71. The number of nitrogens with two attached hydrogens (primary N) is 2. The van der Waals surface area contributed by atoms with Crippen LogP contribution < -0.4 is 16.8 Å². The number of aliphatic hydroxyl groups is 10. The number of fused-ring (bicyclic) bond motifs is 2. The monoisotopic (exact) mass is 938 g/mol. The SMILES string of the molecule is CC1/C=C/C=C/C=C/C=C/C=C/C=C/C=C/[C@H](O[C@@H]2O[C@H](C)[C@@H](O)[C@H](N)[C@@H]2O)C[C@@H]2O[C@](O)(C[C@@H](O)C[C@@H](O)[C@H](O)CC[C@@H](O)C[C@@H](O)CC(=O)O[C@@H](C)[C@H](C)[C@@H]1O)C[C@H](O)[C@H]2NC(N)=O. The summed E-state index contributed by atoms with van der Waals surface area (Å²) in [5, 5.41) is 111. The van der Waals surface area contributed by atoms with Gasteiger partial charge in [0.05, 0.1) is 85.6 Å². The molecule has 0 spiro atoms. The van der Waals surface area contributed by atoms with Gasteiger partial charge in [0, 0.05) is 37.5 Å². The lowest BCUT2D eigenvalue weighted by atomic mass is 9.87. The van der Waals surface area contributed by atoms with Crippen molar-refractivity contribution >= 4 is 12.0 Å². The second-order valence-electron chi connectivity index (χ2n) is 17.7. The minimum absolute atomic E-state index is 0.0955. The molecule has 2 saturated heterocycles. The fraction of sp³-hybridized carbons (Fsp3) is 0.660. The molecule has 3 rings (SSSR count). The van der Waals surface area contributed by atoms with Gasteiger partial charge in [-0.15, -0.1) is 0 Å². The number of hydrogen-bond acceptors (Lipinski definition) is 17. The predicted molar refractivity (Wildman–Crippen MR) is 242 cm³/mol. The Morgan fingerprint density at radius 2 is 1.26 bits per heavy atom. The van der Waals surface area contributed by atoms with Gasteiger partial charge >= 0.3 is 12.0 Å². The van der Waals surface area contributed by atoms with Crippen LogP contribution in [0.25, 0.3) is 0 Å². The molecule has 3 aliphatic rings. The van der Waals surface area contributed by atoms with Crippen molar-refractivity contribution in [2.24, 2.45) is 23.3 Å². The van der Waals surface area contributed by atoms with Gasteiger partial charge in [-0.1, -0.05) is 98.9 Å². The number of allylic oxidation sites excluding steroid dienone is 12. The molecule has 374 valence electrons. The fourth-order valence-electron chi connectivity index (χ4n) is 8.00. The van der Waals surface area contributed by atoms with Crippen LogP contribution in [-0.4, -0.2) is 167 Å².